The molecule has 1 aliphatic rings. The van der Waals surface area contributed by atoms with Gasteiger partial charge in [0.15, 0.2) is 17.8 Å². The molecule has 0 amide bonds. The van der Waals surface area contributed by atoms with E-state index in [-0.39, 0.29) is 18.7 Å². The molecule has 2 aromatic carbocycles. The summed E-state index contributed by atoms with van der Waals surface area (Å²) >= 11 is 0. The van der Waals surface area contributed by atoms with Gasteiger partial charge in [0, 0.05) is 17.5 Å². The summed E-state index contributed by atoms with van der Waals surface area (Å²) in [5, 5.41) is 38.7. The molecule has 1 aliphatic heterocycles. The van der Waals surface area contributed by atoms with E-state index >= 15 is 0 Å². The van der Waals surface area contributed by atoms with Crippen molar-refractivity contribution in [2.24, 2.45) is 0 Å². The van der Waals surface area contributed by atoms with Crippen molar-refractivity contribution in [2.45, 2.75) is 43.5 Å². The molecule has 0 saturated carbocycles. The van der Waals surface area contributed by atoms with Crippen LogP contribution in [-0.2, 0) is 25.5 Å². The third-order valence-corrected chi connectivity index (χ3v) is 5.36. The van der Waals surface area contributed by atoms with E-state index in [4.69, 9.17) is 19.0 Å². The van der Waals surface area contributed by atoms with E-state index in [1.54, 1.807) is 0 Å². The number of esters is 1. The normalized spacial score (nSPS) is 24.5. The lowest BCUT2D eigenvalue weighted by Crippen LogP contribution is -2.60. The number of hydrogen-bond acceptors (Lipinski definition) is 9. The smallest absolute Gasteiger partial charge is 0.335 e. The van der Waals surface area contributed by atoms with Crippen molar-refractivity contribution in [3.8, 4) is 22.6 Å². The first-order valence-electron chi connectivity index (χ1n) is 10.6. The van der Waals surface area contributed by atoms with Crippen LogP contribution in [0.25, 0.3) is 22.6 Å². The summed E-state index contributed by atoms with van der Waals surface area (Å²) in [6.07, 6.45) is -9.32. The molecule has 10 heteroatoms. The zero-order chi connectivity index (χ0) is 24.2. The van der Waals surface area contributed by atoms with Crippen LogP contribution in [0.15, 0.2) is 65.1 Å². The van der Waals surface area contributed by atoms with Crippen LogP contribution in [0.1, 0.15) is 12.3 Å². The third kappa shape index (κ3) is 5.00. The number of aliphatic hydroxyl groups excluding tert-OH is 3. The van der Waals surface area contributed by atoms with Gasteiger partial charge in [0.05, 0.1) is 6.42 Å². The summed E-state index contributed by atoms with van der Waals surface area (Å²) in [5.41, 5.74) is 2.26. The van der Waals surface area contributed by atoms with Crippen LogP contribution < -0.4 is 0 Å². The lowest BCUT2D eigenvalue weighted by atomic mass is 9.99. The van der Waals surface area contributed by atoms with Crippen LogP contribution in [0.4, 0.5) is 0 Å². The van der Waals surface area contributed by atoms with Gasteiger partial charge in [0.1, 0.15) is 24.0 Å². The number of hydrogen-bond donors (Lipinski definition) is 4. The standard InChI is InChI=1S/C24H23NO9/c26-16(33-24-20(29)18(27)19(28)22(34-24)23(30)31)12-11-15-25-17(13-7-3-1-4-8-13)21(32-15)14-9-5-2-6-10-14/h1-10,18-20,22,24,27-29H,11-12H2,(H,30,31)/t18-,19-,20+,22-,24?/m0/s1. The van der Waals surface area contributed by atoms with Gasteiger partial charge in [-0.15, -0.1) is 0 Å². The predicted octanol–water partition coefficient (Wildman–Crippen LogP) is 1.38. The van der Waals surface area contributed by atoms with Crippen molar-refractivity contribution in [1.29, 1.82) is 0 Å². The SMILES string of the molecule is O=C(CCc1nc(-c2ccccc2)c(-c2ccccc2)o1)OC1O[C@H](C(=O)O)[C@@H](O)[C@H](O)[C@H]1O. The van der Waals surface area contributed by atoms with Crippen LogP contribution in [0.5, 0.6) is 0 Å². The number of aromatic nitrogens is 1. The maximum Gasteiger partial charge on any atom is 0.335 e. The minimum Gasteiger partial charge on any atom is -0.479 e. The number of carbonyl (C=O) groups excluding carboxylic acids is 1. The second-order valence-corrected chi connectivity index (χ2v) is 7.74. The minimum absolute atomic E-state index is 0.0574. The molecule has 2 heterocycles. The molecule has 1 aromatic heterocycles. The number of ether oxygens (including phenoxy) is 2. The molecule has 1 unspecified atom stereocenters. The Morgan fingerprint density at radius 3 is 2.12 bits per heavy atom. The topological polar surface area (TPSA) is 160 Å². The quantitative estimate of drug-likeness (QED) is 0.372. The molecule has 0 radical (unpaired) electrons. The number of carbonyl (C=O) groups is 2. The Bertz CT molecular complexity index is 1070. The number of carboxylic acids is 1. The highest BCUT2D eigenvalue weighted by molar-refractivity contribution is 5.77. The molecule has 0 bridgehead atoms. The number of aliphatic carboxylic acids is 1. The molecule has 1 saturated heterocycles. The van der Waals surface area contributed by atoms with Crippen LogP contribution in [-0.4, -0.2) is 68.1 Å². The average molecular weight is 469 g/mol. The average Bonchev–Trinajstić information content (AvgIpc) is 3.28. The first kappa shape index (κ1) is 23.6. The Morgan fingerprint density at radius 2 is 1.50 bits per heavy atom. The van der Waals surface area contributed by atoms with Gasteiger partial charge in [-0.05, 0) is 0 Å². The summed E-state index contributed by atoms with van der Waals surface area (Å²) in [6.45, 7) is 0. The van der Waals surface area contributed by atoms with Gasteiger partial charge >= 0.3 is 11.9 Å². The first-order chi connectivity index (χ1) is 16.3. The van der Waals surface area contributed by atoms with E-state index in [2.05, 4.69) is 4.98 Å². The lowest BCUT2D eigenvalue weighted by molar-refractivity contribution is -0.286. The first-order valence-corrected chi connectivity index (χ1v) is 10.6. The number of aliphatic hydroxyl groups is 3. The van der Waals surface area contributed by atoms with Gasteiger partial charge in [-0.1, -0.05) is 60.7 Å². The van der Waals surface area contributed by atoms with Crippen molar-refractivity contribution < 1.29 is 43.9 Å². The van der Waals surface area contributed by atoms with Crippen LogP contribution in [0, 0.1) is 0 Å². The second kappa shape index (κ2) is 10.1. The van der Waals surface area contributed by atoms with Crippen LogP contribution >= 0.6 is 0 Å². The fourth-order valence-electron chi connectivity index (χ4n) is 3.60. The van der Waals surface area contributed by atoms with Gasteiger partial charge in [0.25, 0.3) is 0 Å². The maximum atomic E-state index is 12.4. The molecule has 34 heavy (non-hydrogen) atoms. The van der Waals surface area contributed by atoms with Crippen molar-refractivity contribution in [3.05, 3.63) is 66.6 Å². The third-order valence-electron chi connectivity index (χ3n) is 5.36. The van der Waals surface area contributed by atoms with Gasteiger partial charge in [-0.2, -0.15) is 0 Å². The Labute approximate surface area is 194 Å². The summed E-state index contributed by atoms with van der Waals surface area (Å²) in [6, 6.07) is 18.8. The fraction of sp³-hybridized carbons (Fsp3) is 0.292. The second-order valence-electron chi connectivity index (χ2n) is 7.74. The largest absolute Gasteiger partial charge is 0.479 e. The van der Waals surface area contributed by atoms with Crippen molar-refractivity contribution in [1.82, 2.24) is 4.98 Å². The molecular weight excluding hydrogens is 446 g/mol. The molecule has 0 aliphatic carbocycles. The number of nitrogens with zero attached hydrogens (tertiary/aromatic N) is 1. The summed E-state index contributed by atoms with van der Waals surface area (Å²) in [4.78, 5) is 28.1. The minimum atomic E-state index is -1.87. The van der Waals surface area contributed by atoms with E-state index in [1.165, 1.54) is 0 Å². The number of rotatable bonds is 7. The lowest BCUT2D eigenvalue weighted by Gasteiger charge is -2.37. The van der Waals surface area contributed by atoms with Crippen molar-refractivity contribution in [2.75, 3.05) is 0 Å². The van der Waals surface area contributed by atoms with Gasteiger partial charge in [-0.25, -0.2) is 9.78 Å². The van der Waals surface area contributed by atoms with Crippen molar-refractivity contribution >= 4 is 11.9 Å². The zero-order valence-electron chi connectivity index (χ0n) is 17.9. The summed E-state index contributed by atoms with van der Waals surface area (Å²) in [5.74, 6) is -1.58. The van der Waals surface area contributed by atoms with Gasteiger partial charge in [-0.3, -0.25) is 4.79 Å². The van der Waals surface area contributed by atoms with E-state index in [0.29, 0.717) is 11.5 Å². The molecule has 1 fully saturated rings. The van der Waals surface area contributed by atoms with E-state index < -0.39 is 42.6 Å². The molecule has 178 valence electrons. The number of carboxylic acid groups (broad SMARTS) is 1. The highest BCUT2D eigenvalue weighted by atomic mass is 16.7. The predicted molar refractivity (Wildman–Crippen MR) is 116 cm³/mol. The Kier molecular flexibility index (Phi) is 7.03. The Morgan fingerprint density at radius 1 is 0.882 bits per heavy atom. The van der Waals surface area contributed by atoms with Crippen LogP contribution in [0.3, 0.4) is 0 Å². The van der Waals surface area contributed by atoms with E-state index in [0.717, 1.165) is 11.1 Å². The Balaban J connectivity index is 1.47. The zero-order valence-corrected chi connectivity index (χ0v) is 17.9. The molecule has 4 rings (SSSR count). The van der Waals surface area contributed by atoms with E-state index in [9.17, 15) is 24.9 Å². The van der Waals surface area contributed by atoms with Gasteiger partial charge in [0.2, 0.25) is 6.29 Å². The Hall–Kier alpha value is -3.57. The summed E-state index contributed by atoms with van der Waals surface area (Å²) < 4.78 is 15.9. The maximum absolute atomic E-state index is 12.4. The monoisotopic (exact) mass is 469 g/mol. The fourth-order valence-corrected chi connectivity index (χ4v) is 3.60. The highest BCUT2D eigenvalue weighted by Crippen LogP contribution is 2.33. The molecule has 4 N–H and O–H groups in total. The van der Waals surface area contributed by atoms with Crippen molar-refractivity contribution in [3.63, 3.8) is 0 Å². The van der Waals surface area contributed by atoms with Crippen LogP contribution in [0.2, 0.25) is 0 Å². The molecular formula is C24H23NO9. The molecule has 5 atom stereocenters. The highest BCUT2D eigenvalue weighted by Gasteiger charge is 2.48. The van der Waals surface area contributed by atoms with E-state index in [1.807, 2.05) is 60.7 Å². The number of aryl methyl sites for hydroxylation is 1. The molecule has 0 spiro atoms. The molecule has 3 aromatic rings. The number of benzene rings is 2. The number of oxazole rings is 1. The summed E-state index contributed by atoms with van der Waals surface area (Å²) in [7, 11) is 0. The molecule has 10 nitrogen and oxygen atoms in total. The van der Waals surface area contributed by atoms with Gasteiger partial charge < -0.3 is 34.3 Å².